The van der Waals surface area contributed by atoms with Crippen molar-refractivity contribution < 1.29 is 151 Å². The minimum Gasteiger partial charge on any atom is -0.870 e. The molecule has 36 nitrogen and oxygen atoms in total. The van der Waals surface area contributed by atoms with Crippen LogP contribution in [0.25, 0.3) is 21.8 Å². The number of rotatable bonds is 46. The van der Waals surface area contributed by atoms with Crippen molar-refractivity contribution in [3.63, 3.8) is 0 Å². The van der Waals surface area contributed by atoms with Gasteiger partial charge in [0.15, 0.2) is 11.6 Å². The third-order valence-corrected chi connectivity index (χ3v) is 21.5. The number of anilines is 4. The normalized spacial score (nSPS) is 14.1. The molecule has 133 heavy (non-hydrogen) atoms. The number of hydrogen-bond donors (Lipinski definition) is 6. The fourth-order valence-electron chi connectivity index (χ4n) is 13.0. The van der Waals surface area contributed by atoms with Crippen LogP contribution >= 0.6 is 0 Å². The smallest absolute Gasteiger partial charge is 0.870 e. The zero-order chi connectivity index (χ0) is 97.3. The number of nitrogens with one attached hydrogen (secondary N) is 5. The number of Topliss-reactive ketones (excluding diaryl/α,β-unsaturated/α-hetero) is 4. The van der Waals surface area contributed by atoms with Crippen LogP contribution in [0.5, 0.6) is 0 Å². The molecule has 0 saturated carbocycles. The fourth-order valence-corrected chi connectivity index (χ4v) is 13.0. The van der Waals surface area contributed by atoms with Crippen LogP contribution in [0.2, 0.25) is 0 Å². The summed E-state index contributed by atoms with van der Waals surface area (Å²) in [6.07, 6.45) is -4.51. The second kappa shape index (κ2) is 49.4. The molecule has 8 rings (SSSR count). The first-order chi connectivity index (χ1) is 61.3. The summed E-state index contributed by atoms with van der Waals surface area (Å²) < 4.78 is 117. The fraction of sp³-hybridized carbons (Fsp3) is 0.478. The van der Waals surface area contributed by atoms with Gasteiger partial charge in [-0.1, -0.05) is 67.5 Å². The Balaban J connectivity index is 0.000000465. The number of methoxy groups -OCH3 is 2. The number of aromatic nitrogens is 4. The van der Waals surface area contributed by atoms with E-state index in [9.17, 15) is 108 Å². The van der Waals surface area contributed by atoms with Crippen LogP contribution in [0.15, 0.2) is 119 Å². The molecule has 8 N–H and O–H groups in total. The maximum atomic E-state index is 13.9. The molecule has 0 spiro atoms. The van der Waals surface area contributed by atoms with Crippen molar-refractivity contribution >= 4 is 133 Å². The summed E-state index contributed by atoms with van der Waals surface area (Å²) in [4.78, 5) is 227. The van der Waals surface area contributed by atoms with Crippen molar-refractivity contribution in [2.75, 3.05) is 74.6 Å². The Bertz CT molecular complexity index is 5380. The topological polar surface area (TPSA) is 508 Å². The van der Waals surface area contributed by atoms with Crippen LogP contribution in [0.1, 0.15) is 191 Å². The van der Waals surface area contributed by atoms with Crippen molar-refractivity contribution in [2.24, 2.45) is 16.7 Å². The van der Waals surface area contributed by atoms with Gasteiger partial charge in [0.05, 0.1) is 75.5 Å². The number of esters is 2. The number of ether oxygens (including phenoxy) is 6. The predicted molar refractivity (Wildman–Crippen MR) is 464 cm³/mol. The van der Waals surface area contributed by atoms with Crippen LogP contribution in [0.4, 0.5) is 49.6 Å². The van der Waals surface area contributed by atoms with Crippen molar-refractivity contribution in [3.8, 4) is 0 Å². The van der Waals surface area contributed by atoms with Crippen molar-refractivity contribution in [1.29, 1.82) is 0 Å². The predicted octanol–water partition coefficient (Wildman–Crippen LogP) is 6.76. The van der Waals surface area contributed by atoms with Crippen LogP contribution < -0.4 is 61.5 Å². The number of halogens is 6. The molecular weight excluding hydrogens is 1750 g/mol. The van der Waals surface area contributed by atoms with Crippen LogP contribution in [0.3, 0.4) is 0 Å². The molecule has 4 heterocycles. The number of aromatic amines is 2. The summed E-state index contributed by atoms with van der Waals surface area (Å²) in [5.74, 6) is -13.5. The average molecular weight is 1860 g/mol. The van der Waals surface area contributed by atoms with E-state index in [-0.39, 0.29) is 219 Å². The molecular formula is C90H109F6LiN12O24. The van der Waals surface area contributed by atoms with Crippen LogP contribution in [-0.2, 0) is 104 Å². The Labute approximate surface area is 772 Å². The number of nitrogen functional groups attached to an aromatic ring is 1. The number of hydrogen-bond acceptors (Lipinski definition) is 27. The number of nitrogens with two attached hydrogens (primary N) is 1. The maximum absolute atomic E-state index is 13.9. The van der Waals surface area contributed by atoms with Gasteiger partial charge in [-0.15, -0.1) is 0 Å². The first-order valence-corrected chi connectivity index (χ1v) is 41.9. The van der Waals surface area contributed by atoms with E-state index in [2.05, 4.69) is 35.9 Å². The van der Waals surface area contributed by atoms with E-state index >= 15 is 0 Å². The van der Waals surface area contributed by atoms with E-state index in [1.807, 2.05) is 41.5 Å². The number of H-pyrrole nitrogens is 2. The van der Waals surface area contributed by atoms with Crippen molar-refractivity contribution in [3.05, 3.63) is 152 Å². The van der Waals surface area contributed by atoms with Gasteiger partial charge in [-0.3, -0.25) is 97.0 Å². The van der Waals surface area contributed by atoms with Crippen molar-refractivity contribution in [2.45, 2.75) is 208 Å². The van der Waals surface area contributed by atoms with Crippen LogP contribution in [-0.4, -0.2) is 213 Å². The first-order valence-electron chi connectivity index (χ1n) is 41.9. The first kappa shape index (κ1) is 111. The number of benzene rings is 4. The average Bonchev–Trinajstić information content (AvgIpc) is 1.02. The molecule has 0 saturated heterocycles. The van der Waals surface area contributed by atoms with E-state index in [0.717, 1.165) is 96.9 Å². The number of carbonyl (C=O) groups is 15. The van der Waals surface area contributed by atoms with Gasteiger partial charge in [0.25, 0.3) is 46.6 Å². The van der Waals surface area contributed by atoms with Gasteiger partial charge in [-0.25, -0.2) is 19.6 Å². The Hall–Kier alpha value is -12.3. The molecule has 0 radical (unpaired) electrons. The van der Waals surface area contributed by atoms with Crippen LogP contribution in [0, 0.1) is 16.7 Å². The molecule has 4 atom stereocenters. The second-order valence-corrected chi connectivity index (χ2v) is 33.4. The molecule has 2 aliphatic rings. The van der Waals surface area contributed by atoms with Gasteiger partial charge >= 0.3 is 55.0 Å². The number of fused-ring (bicyclic) bond motifs is 2. The summed E-state index contributed by atoms with van der Waals surface area (Å²) in [6.45, 7) is 17.7. The zero-order valence-corrected chi connectivity index (χ0v) is 76.0. The van der Waals surface area contributed by atoms with E-state index in [1.54, 1.807) is 27.7 Å². The quantitative estimate of drug-likeness (QED) is 0.00573. The van der Waals surface area contributed by atoms with E-state index < -0.39 is 142 Å². The zero-order valence-electron chi connectivity index (χ0n) is 76.0. The summed E-state index contributed by atoms with van der Waals surface area (Å²) in [6, 6.07) is 14.6. The van der Waals surface area contributed by atoms with E-state index in [1.165, 1.54) is 36.4 Å². The Kier molecular flexibility index (Phi) is 41.3. The molecule has 0 fully saturated rings. The number of carbonyl (C=O) groups excluding carboxylic acids is 15. The molecule has 0 bridgehead atoms. The molecule has 2 unspecified atom stereocenters. The number of nitrogens with zero attached hydrogens (tertiary/aromatic N) is 6. The molecule has 9 amide bonds. The largest absolute Gasteiger partial charge is 1.00 e. The molecule has 4 aromatic carbocycles. The third-order valence-electron chi connectivity index (χ3n) is 21.5. The molecule has 2 aromatic heterocycles. The summed E-state index contributed by atoms with van der Waals surface area (Å²) >= 11 is 0. The van der Waals surface area contributed by atoms with Gasteiger partial charge in [0.2, 0.25) is 17.8 Å². The molecule has 716 valence electrons. The summed E-state index contributed by atoms with van der Waals surface area (Å²) in [5, 5.41) is 7.49. The number of alkyl halides is 6. The van der Waals surface area contributed by atoms with Gasteiger partial charge in [-0.05, 0) is 136 Å². The Morgan fingerprint density at radius 2 is 0.782 bits per heavy atom. The monoisotopic (exact) mass is 1860 g/mol. The summed E-state index contributed by atoms with van der Waals surface area (Å²) in [7, 11) is 2.20. The summed E-state index contributed by atoms with van der Waals surface area (Å²) in [5.41, 5.74) is 3.23. The second-order valence-electron chi connectivity index (χ2n) is 33.4. The number of ketones is 4. The molecule has 6 aromatic rings. The minimum atomic E-state index is -5.30. The molecule has 2 aliphatic heterocycles. The van der Waals surface area contributed by atoms with Gasteiger partial charge in [0, 0.05) is 128 Å². The van der Waals surface area contributed by atoms with Gasteiger partial charge in [0.1, 0.15) is 35.2 Å². The molecule has 0 aliphatic carbocycles. The Morgan fingerprint density at radius 3 is 1.10 bits per heavy atom. The Morgan fingerprint density at radius 1 is 0.459 bits per heavy atom. The van der Waals surface area contributed by atoms with Crippen molar-refractivity contribution in [1.82, 2.24) is 40.4 Å². The van der Waals surface area contributed by atoms with E-state index in [0.29, 0.717) is 35.5 Å². The third kappa shape index (κ3) is 32.5. The standard InChI is InChI=1S/C47H57F3N6O12.C43H51F3N6O11.Li.H2O/c1-28(2)39(61)53-44-52-35-18-12-29(26-34(35)41(63)54-44)27-56(43(65)47(48,49)50)31-15-13-30(14-16-31)40(62)51-36(42(64)66-7)19-17-32(57)10-8-24-67-46(6,45(3,4)5)68-25-9-11-33(58)22-23-55-37(59)20-21-38(55)60;1-41(2,3)42(4,63-23-7-9-30(54)20-21-51-34(55)18-19-35(51)56)62-22-6-8-29(53)15-17-33(38(59)61-5)48-36(57)27-11-13-28(14-12-27)52(39(60)43(44,45)46)25-26-10-16-32-31(24-26)37(58)50-40(47)49-32;;/h12-16,18,20-21,26,28,36H,8-11,17,19,22-25,27H2,1-7H3,(H,51,62)(H2,52,53,54,61,63);10-14,16,18-19,24,33H,6-9,15,17,20-23,25H2,1-5H3,(H,48,57)(H3,47,49,50,58);;1H2/q;;+1;/p-1/t36-,46?;33-,42?;;/m00../s1. The number of amides is 9. The molecule has 43 heteroatoms. The maximum Gasteiger partial charge on any atom is 1.00 e. The van der Waals surface area contributed by atoms with E-state index in [4.69, 9.17) is 34.2 Å². The van der Waals surface area contributed by atoms with Gasteiger partial charge < -0.3 is 60.1 Å². The van der Waals surface area contributed by atoms with Gasteiger partial charge in [-0.2, -0.15) is 26.3 Å². The minimum absolute atomic E-state index is 0. The number of imide groups is 2. The SMILES string of the molecule is COC(=O)[C@H](CCC(=O)CCCOC(C)(OCCCC(=O)CCN1C(=O)C=CC1=O)C(C)(C)C)NC(=O)c1ccc(N(Cc2ccc3nc(N)[nH]c(=O)c3c2)C(=O)C(F)(F)F)cc1.COC(=O)[C@H](CCC(=O)CCCOC(C)(OCCCC(=O)CCN1C(=O)C=CC1=O)C(C)(C)C)NC(=O)c1ccc(N(Cc2ccc3nc(NC(=O)C(C)C)[nH]c(=O)c3c2)C(=O)C(F)(F)F)cc1.[Li+].[OH-].